The first-order valence-corrected chi connectivity index (χ1v) is 8.27. The molecule has 2 atom stereocenters. The molecule has 122 valence electrons. The SMILES string of the molecule is CCCOC(=O)C(C)N1CCC(C(O)c2ccccc2)CC1. The minimum atomic E-state index is -0.411. The molecule has 0 bridgehead atoms. The molecule has 1 aliphatic rings. The van der Waals surface area contributed by atoms with Crippen molar-refractivity contribution in [3.8, 4) is 0 Å². The number of rotatable bonds is 6. The van der Waals surface area contributed by atoms with Crippen LogP contribution in [0.3, 0.4) is 0 Å². The molecule has 4 heteroatoms. The fraction of sp³-hybridized carbons (Fsp3) is 0.611. The number of ether oxygens (including phenoxy) is 1. The second kappa shape index (κ2) is 8.30. The minimum Gasteiger partial charge on any atom is -0.465 e. The topological polar surface area (TPSA) is 49.8 Å². The van der Waals surface area contributed by atoms with Crippen molar-refractivity contribution < 1.29 is 14.6 Å². The van der Waals surface area contributed by atoms with Gasteiger partial charge >= 0.3 is 5.97 Å². The Morgan fingerprint density at radius 1 is 1.32 bits per heavy atom. The highest BCUT2D eigenvalue weighted by Crippen LogP contribution is 2.31. The van der Waals surface area contributed by atoms with Gasteiger partial charge in [-0.15, -0.1) is 0 Å². The van der Waals surface area contributed by atoms with Crippen LogP contribution in [0, 0.1) is 5.92 Å². The molecule has 1 fully saturated rings. The number of nitrogens with zero attached hydrogens (tertiary/aromatic N) is 1. The number of piperidine rings is 1. The molecule has 0 radical (unpaired) electrons. The molecule has 0 aliphatic carbocycles. The van der Waals surface area contributed by atoms with Gasteiger partial charge in [-0.2, -0.15) is 0 Å². The summed E-state index contributed by atoms with van der Waals surface area (Å²) < 4.78 is 5.22. The van der Waals surface area contributed by atoms with Crippen molar-refractivity contribution in [2.24, 2.45) is 5.92 Å². The normalized spacial score (nSPS) is 19.6. The van der Waals surface area contributed by atoms with Crippen molar-refractivity contribution in [1.82, 2.24) is 4.90 Å². The molecule has 0 spiro atoms. The first-order valence-electron chi connectivity index (χ1n) is 8.27. The maximum atomic E-state index is 11.9. The molecule has 4 nitrogen and oxygen atoms in total. The number of aliphatic hydroxyl groups is 1. The Morgan fingerprint density at radius 3 is 2.55 bits per heavy atom. The van der Waals surface area contributed by atoms with Crippen molar-refractivity contribution in [2.75, 3.05) is 19.7 Å². The van der Waals surface area contributed by atoms with E-state index in [0.717, 1.165) is 37.9 Å². The summed E-state index contributed by atoms with van der Waals surface area (Å²) in [6, 6.07) is 9.63. The maximum Gasteiger partial charge on any atom is 0.323 e. The lowest BCUT2D eigenvalue weighted by atomic mass is 9.87. The summed E-state index contributed by atoms with van der Waals surface area (Å²) in [5.74, 6) is 0.126. The predicted molar refractivity (Wildman–Crippen MR) is 86.4 cm³/mol. The van der Waals surface area contributed by atoms with E-state index in [1.54, 1.807) is 0 Å². The Balaban J connectivity index is 1.84. The van der Waals surface area contributed by atoms with Gasteiger partial charge in [0, 0.05) is 0 Å². The quantitative estimate of drug-likeness (QED) is 0.821. The molecule has 0 aromatic heterocycles. The van der Waals surface area contributed by atoms with Crippen LogP contribution in [0.1, 0.15) is 44.8 Å². The van der Waals surface area contributed by atoms with Gasteiger partial charge in [0.25, 0.3) is 0 Å². The zero-order valence-corrected chi connectivity index (χ0v) is 13.6. The summed E-state index contributed by atoms with van der Waals surface area (Å²) >= 11 is 0. The molecule has 1 N–H and O–H groups in total. The van der Waals surface area contributed by atoms with Crippen LogP contribution in [0.4, 0.5) is 0 Å². The van der Waals surface area contributed by atoms with Crippen molar-refractivity contribution in [3.05, 3.63) is 35.9 Å². The molecule has 1 heterocycles. The van der Waals surface area contributed by atoms with E-state index in [1.165, 1.54) is 0 Å². The van der Waals surface area contributed by atoms with Gasteiger partial charge in [-0.3, -0.25) is 9.69 Å². The van der Waals surface area contributed by atoms with Crippen molar-refractivity contribution in [1.29, 1.82) is 0 Å². The molecule has 1 aromatic carbocycles. The summed E-state index contributed by atoms with van der Waals surface area (Å²) in [6.45, 7) is 6.06. The summed E-state index contributed by atoms with van der Waals surface area (Å²) in [7, 11) is 0. The first-order chi connectivity index (χ1) is 10.6. The standard InChI is InChI=1S/C18H27NO3/c1-3-13-22-18(21)14(2)19-11-9-16(10-12-19)17(20)15-7-5-4-6-8-15/h4-8,14,16-17,20H,3,9-13H2,1-2H3. The van der Waals surface area contributed by atoms with Gasteiger partial charge in [0.15, 0.2) is 0 Å². The minimum absolute atomic E-state index is 0.135. The van der Waals surface area contributed by atoms with E-state index in [0.29, 0.717) is 6.61 Å². The van der Waals surface area contributed by atoms with Gasteiger partial charge in [0.1, 0.15) is 6.04 Å². The van der Waals surface area contributed by atoms with Gasteiger partial charge < -0.3 is 9.84 Å². The fourth-order valence-electron chi connectivity index (χ4n) is 3.02. The van der Waals surface area contributed by atoms with Crippen LogP contribution in [0.25, 0.3) is 0 Å². The number of carbonyl (C=O) groups excluding carboxylic acids is 1. The molecule has 2 unspecified atom stereocenters. The van der Waals surface area contributed by atoms with Crippen LogP contribution < -0.4 is 0 Å². The molecule has 1 aliphatic heterocycles. The highest BCUT2D eigenvalue weighted by molar-refractivity contribution is 5.75. The molecule has 2 rings (SSSR count). The number of hydrogen-bond donors (Lipinski definition) is 1. The third-order valence-electron chi connectivity index (χ3n) is 4.50. The Labute approximate surface area is 133 Å². The smallest absolute Gasteiger partial charge is 0.323 e. The zero-order chi connectivity index (χ0) is 15.9. The highest BCUT2D eigenvalue weighted by Gasteiger charge is 2.30. The summed E-state index contributed by atoms with van der Waals surface area (Å²) in [5, 5.41) is 10.5. The molecule has 1 aromatic rings. The molecule has 22 heavy (non-hydrogen) atoms. The van der Waals surface area contributed by atoms with Gasteiger partial charge in [0.2, 0.25) is 0 Å². The lowest BCUT2D eigenvalue weighted by Crippen LogP contribution is -2.45. The van der Waals surface area contributed by atoms with Crippen LogP contribution in [0.2, 0.25) is 0 Å². The average Bonchev–Trinajstić information content (AvgIpc) is 2.59. The molecule has 1 saturated heterocycles. The Morgan fingerprint density at radius 2 is 1.95 bits per heavy atom. The molecular weight excluding hydrogens is 278 g/mol. The number of benzene rings is 1. The molecule has 0 amide bonds. The highest BCUT2D eigenvalue weighted by atomic mass is 16.5. The fourth-order valence-corrected chi connectivity index (χ4v) is 3.02. The Kier molecular flexibility index (Phi) is 6.40. The number of aliphatic hydroxyl groups excluding tert-OH is 1. The van der Waals surface area contributed by atoms with Crippen LogP contribution in [-0.4, -0.2) is 41.7 Å². The van der Waals surface area contributed by atoms with Crippen LogP contribution >= 0.6 is 0 Å². The third-order valence-corrected chi connectivity index (χ3v) is 4.50. The number of carbonyl (C=O) groups is 1. The molecule has 0 saturated carbocycles. The van der Waals surface area contributed by atoms with Gasteiger partial charge in [-0.25, -0.2) is 0 Å². The van der Waals surface area contributed by atoms with E-state index in [-0.39, 0.29) is 17.9 Å². The predicted octanol–water partition coefficient (Wildman–Crippen LogP) is 2.77. The van der Waals surface area contributed by atoms with E-state index in [2.05, 4.69) is 4.90 Å². The van der Waals surface area contributed by atoms with Gasteiger partial charge in [0.05, 0.1) is 12.7 Å². The number of esters is 1. The van der Waals surface area contributed by atoms with Gasteiger partial charge in [-0.05, 0) is 50.8 Å². The van der Waals surface area contributed by atoms with Crippen molar-refractivity contribution >= 4 is 5.97 Å². The van der Waals surface area contributed by atoms with E-state index < -0.39 is 6.10 Å². The van der Waals surface area contributed by atoms with Gasteiger partial charge in [-0.1, -0.05) is 37.3 Å². The van der Waals surface area contributed by atoms with E-state index >= 15 is 0 Å². The van der Waals surface area contributed by atoms with E-state index in [4.69, 9.17) is 4.74 Å². The van der Waals surface area contributed by atoms with Crippen molar-refractivity contribution in [2.45, 2.75) is 45.3 Å². The third kappa shape index (κ3) is 4.31. The summed E-state index contributed by atoms with van der Waals surface area (Å²) in [4.78, 5) is 14.1. The van der Waals surface area contributed by atoms with E-state index in [1.807, 2.05) is 44.2 Å². The largest absolute Gasteiger partial charge is 0.465 e. The lowest BCUT2D eigenvalue weighted by molar-refractivity contribution is -0.150. The van der Waals surface area contributed by atoms with Crippen LogP contribution in [0.15, 0.2) is 30.3 Å². The zero-order valence-electron chi connectivity index (χ0n) is 13.6. The lowest BCUT2D eigenvalue weighted by Gasteiger charge is -2.36. The Hall–Kier alpha value is -1.39. The van der Waals surface area contributed by atoms with Crippen molar-refractivity contribution in [3.63, 3.8) is 0 Å². The second-order valence-corrected chi connectivity index (χ2v) is 6.07. The number of likely N-dealkylation sites (tertiary alicyclic amines) is 1. The average molecular weight is 305 g/mol. The second-order valence-electron chi connectivity index (χ2n) is 6.07. The number of hydrogen-bond acceptors (Lipinski definition) is 4. The molecular formula is C18H27NO3. The first kappa shape index (κ1) is 17.0. The summed E-state index contributed by atoms with van der Waals surface area (Å²) in [5.41, 5.74) is 0.983. The van der Waals surface area contributed by atoms with Crippen LogP contribution in [-0.2, 0) is 9.53 Å². The maximum absolute atomic E-state index is 11.9. The monoisotopic (exact) mass is 305 g/mol. The Bertz CT molecular complexity index is 455. The van der Waals surface area contributed by atoms with Crippen LogP contribution in [0.5, 0.6) is 0 Å². The summed E-state index contributed by atoms with van der Waals surface area (Å²) in [6.07, 6.45) is 2.25. The van der Waals surface area contributed by atoms with E-state index in [9.17, 15) is 9.90 Å².